The number of aromatic nitrogens is 4. The molecule has 0 aliphatic heterocycles. The van der Waals surface area contributed by atoms with Crippen molar-refractivity contribution in [2.24, 2.45) is 14.1 Å². The molecule has 0 saturated carbocycles. The second-order valence-electron chi connectivity index (χ2n) is 7.46. The zero-order valence-corrected chi connectivity index (χ0v) is 16.9. The molecule has 0 atom stereocenters. The third-order valence-electron chi connectivity index (χ3n) is 5.79. The first kappa shape index (κ1) is 16.5. The van der Waals surface area contributed by atoms with E-state index in [1.54, 1.807) is 0 Å². The van der Waals surface area contributed by atoms with Crippen LogP contribution in [0.15, 0.2) is 73.1 Å². The van der Waals surface area contributed by atoms with E-state index in [0.29, 0.717) is 0 Å². The lowest BCUT2D eigenvalue weighted by Crippen LogP contribution is -1.85. The fourth-order valence-electron chi connectivity index (χ4n) is 4.41. The van der Waals surface area contributed by atoms with Gasteiger partial charge in [-0.05, 0) is 12.1 Å². The Labute approximate surface area is 172 Å². The largest absolute Gasteiger partial charge is 0.350 e. The summed E-state index contributed by atoms with van der Waals surface area (Å²) in [6.45, 7) is 0. The average Bonchev–Trinajstić information content (AvgIpc) is 3.45. The molecule has 3 aromatic heterocycles. The molecule has 140 valence electrons. The normalized spacial score (nSPS) is 11.8. The molecule has 6 aromatic rings. The highest BCUT2D eigenvalue weighted by atomic mass is 32.1. The van der Waals surface area contributed by atoms with Gasteiger partial charge in [0.05, 0.1) is 11.7 Å². The van der Waals surface area contributed by atoms with Gasteiger partial charge in [0, 0.05) is 70.5 Å². The minimum Gasteiger partial charge on any atom is -0.350 e. The van der Waals surface area contributed by atoms with Gasteiger partial charge >= 0.3 is 0 Å². The molecule has 0 unspecified atom stereocenters. The molecule has 6 rings (SSSR count). The number of hydrogen-bond donors (Lipinski definition) is 0. The molecule has 3 aromatic carbocycles. The lowest BCUT2D eigenvalue weighted by Gasteiger charge is -2.06. The van der Waals surface area contributed by atoms with Gasteiger partial charge in [-0.2, -0.15) is 8.75 Å². The Bertz CT molecular complexity index is 1420. The second kappa shape index (κ2) is 6.03. The maximum Gasteiger partial charge on any atom is 0.113 e. The zero-order valence-electron chi connectivity index (χ0n) is 16.1. The number of rotatable bonds is 2. The first-order chi connectivity index (χ1) is 14.2. The lowest BCUT2D eigenvalue weighted by molar-refractivity contribution is 0.970. The van der Waals surface area contributed by atoms with Crippen LogP contribution in [0.25, 0.3) is 55.1 Å². The van der Waals surface area contributed by atoms with Crippen LogP contribution < -0.4 is 0 Å². The van der Waals surface area contributed by atoms with E-state index in [1.165, 1.54) is 44.7 Å². The molecule has 0 bridgehead atoms. The molecule has 29 heavy (non-hydrogen) atoms. The predicted octanol–water partition coefficient (Wildman–Crippen LogP) is 6.01. The van der Waals surface area contributed by atoms with Crippen LogP contribution in [-0.2, 0) is 14.1 Å². The highest BCUT2D eigenvalue weighted by molar-refractivity contribution is 7.00. The van der Waals surface area contributed by atoms with Crippen molar-refractivity contribution in [3.8, 4) is 22.3 Å². The van der Waals surface area contributed by atoms with Crippen LogP contribution in [-0.4, -0.2) is 17.9 Å². The standard InChI is InChI=1S/C24H18N4S/c1-27-13-19(15-7-3-5-9-21(15)27)17-11-12-18(24-23(17)25-29-26-24)20-14-28(2)22-10-6-4-8-16(20)22/h3-14H,1-2H3. The molecule has 3 heterocycles. The summed E-state index contributed by atoms with van der Waals surface area (Å²) in [6.07, 6.45) is 4.38. The third kappa shape index (κ3) is 2.31. The number of nitrogens with zero attached hydrogens (tertiary/aromatic N) is 4. The van der Waals surface area contributed by atoms with Gasteiger partial charge in [0.25, 0.3) is 0 Å². The minimum absolute atomic E-state index is 0.969. The summed E-state index contributed by atoms with van der Waals surface area (Å²) < 4.78 is 13.7. The van der Waals surface area contributed by atoms with Crippen LogP contribution in [0.4, 0.5) is 0 Å². The molecule has 0 saturated heterocycles. The quantitative estimate of drug-likeness (QED) is 0.361. The molecular formula is C24H18N4S. The summed E-state index contributed by atoms with van der Waals surface area (Å²) in [5.74, 6) is 0. The van der Waals surface area contributed by atoms with E-state index in [2.05, 4.69) is 96.3 Å². The van der Waals surface area contributed by atoms with E-state index < -0.39 is 0 Å². The highest BCUT2D eigenvalue weighted by Crippen LogP contribution is 2.40. The Morgan fingerprint density at radius 2 is 1.03 bits per heavy atom. The Morgan fingerprint density at radius 3 is 1.52 bits per heavy atom. The fourth-order valence-corrected chi connectivity index (χ4v) is 4.99. The first-order valence-corrected chi connectivity index (χ1v) is 10.3. The van der Waals surface area contributed by atoms with Gasteiger partial charge in [0.2, 0.25) is 0 Å². The monoisotopic (exact) mass is 394 g/mol. The molecule has 4 nitrogen and oxygen atoms in total. The smallest absolute Gasteiger partial charge is 0.113 e. The molecule has 0 aliphatic rings. The van der Waals surface area contributed by atoms with E-state index in [4.69, 9.17) is 8.75 Å². The predicted molar refractivity (Wildman–Crippen MR) is 121 cm³/mol. The Kier molecular flexibility index (Phi) is 3.43. The highest BCUT2D eigenvalue weighted by Gasteiger charge is 2.18. The molecule has 0 aliphatic carbocycles. The topological polar surface area (TPSA) is 35.6 Å². The molecule has 0 N–H and O–H groups in total. The van der Waals surface area contributed by atoms with Crippen molar-refractivity contribution in [1.29, 1.82) is 0 Å². The van der Waals surface area contributed by atoms with Gasteiger partial charge in [-0.15, -0.1) is 0 Å². The van der Waals surface area contributed by atoms with Crippen LogP contribution in [0.5, 0.6) is 0 Å². The van der Waals surface area contributed by atoms with Crippen LogP contribution in [0.1, 0.15) is 0 Å². The Morgan fingerprint density at radius 1 is 0.586 bits per heavy atom. The van der Waals surface area contributed by atoms with Gasteiger partial charge < -0.3 is 9.13 Å². The number of fused-ring (bicyclic) bond motifs is 3. The summed E-state index contributed by atoms with van der Waals surface area (Å²) in [7, 11) is 4.18. The number of para-hydroxylation sites is 2. The summed E-state index contributed by atoms with van der Waals surface area (Å²) in [5.41, 5.74) is 9.04. The van der Waals surface area contributed by atoms with Crippen LogP contribution in [0.2, 0.25) is 0 Å². The third-order valence-corrected chi connectivity index (χ3v) is 6.32. The first-order valence-electron chi connectivity index (χ1n) is 9.56. The molecule has 5 heteroatoms. The maximum atomic E-state index is 4.70. The van der Waals surface area contributed by atoms with E-state index >= 15 is 0 Å². The summed E-state index contributed by atoms with van der Waals surface area (Å²) in [4.78, 5) is 0. The van der Waals surface area contributed by atoms with E-state index in [1.807, 2.05) is 0 Å². The summed E-state index contributed by atoms with van der Waals surface area (Å²) in [6, 6.07) is 21.4. The molecule has 0 fully saturated rings. The summed E-state index contributed by atoms with van der Waals surface area (Å²) >= 11 is 1.28. The molecule has 0 radical (unpaired) electrons. The minimum atomic E-state index is 0.969. The second-order valence-corrected chi connectivity index (χ2v) is 7.99. The number of hydrogen-bond acceptors (Lipinski definition) is 3. The Balaban J connectivity index is 1.64. The van der Waals surface area contributed by atoms with Gasteiger partial charge in [-0.3, -0.25) is 0 Å². The van der Waals surface area contributed by atoms with E-state index in [-0.39, 0.29) is 0 Å². The SMILES string of the molecule is Cn1cc(-c2ccc(-c3cn(C)c4ccccc34)c3nsnc23)c2ccccc21. The van der Waals surface area contributed by atoms with Crippen molar-refractivity contribution >= 4 is 44.6 Å². The summed E-state index contributed by atoms with van der Waals surface area (Å²) in [5, 5.41) is 2.48. The van der Waals surface area contributed by atoms with Crippen LogP contribution in [0, 0.1) is 0 Å². The van der Waals surface area contributed by atoms with Crippen molar-refractivity contribution in [1.82, 2.24) is 17.9 Å². The van der Waals surface area contributed by atoms with Gasteiger partial charge in [-0.25, -0.2) is 0 Å². The van der Waals surface area contributed by atoms with E-state index in [9.17, 15) is 0 Å². The number of benzene rings is 3. The van der Waals surface area contributed by atoms with Crippen LogP contribution >= 0.6 is 11.7 Å². The zero-order chi connectivity index (χ0) is 19.5. The fraction of sp³-hybridized carbons (Fsp3) is 0.0833. The van der Waals surface area contributed by atoms with Gasteiger partial charge in [0.1, 0.15) is 11.0 Å². The average molecular weight is 395 g/mol. The van der Waals surface area contributed by atoms with Crippen molar-refractivity contribution in [3.63, 3.8) is 0 Å². The van der Waals surface area contributed by atoms with Crippen LogP contribution in [0.3, 0.4) is 0 Å². The van der Waals surface area contributed by atoms with E-state index in [0.717, 1.165) is 22.2 Å². The van der Waals surface area contributed by atoms with Crippen molar-refractivity contribution in [3.05, 3.63) is 73.1 Å². The number of aryl methyl sites for hydroxylation is 2. The molecule has 0 spiro atoms. The van der Waals surface area contributed by atoms with Crippen molar-refractivity contribution in [2.75, 3.05) is 0 Å². The van der Waals surface area contributed by atoms with Crippen molar-refractivity contribution < 1.29 is 0 Å². The van der Waals surface area contributed by atoms with Crippen molar-refractivity contribution in [2.45, 2.75) is 0 Å². The lowest BCUT2D eigenvalue weighted by atomic mass is 9.97. The molecule has 0 amide bonds. The molecular weight excluding hydrogens is 376 g/mol. The van der Waals surface area contributed by atoms with Gasteiger partial charge in [-0.1, -0.05) is 48.5 Å². The van der Waals surface area contributed by atoms with Gasteiger partial charge in [0.15, 0.2) is 0 Å². The Hall–Kier alpha value is -3.44. The maximum absolute atomic E-state index is 4.70.